The number of carbonyl (C=O) groups is 2. The fourth-order valence-electron chi connectivity index (χ4n) is 2.04. The summed E-state index contributed by atoms with van der Waals surface area (Å²) in [7, 11) is 0. The largest absolute Gasteiger partial charge is 0.355 e. The highest BCUT2D eigenvalue weighted by Crippen LogP contribution is 2.03. The van der Waals surface area contributed by atoms with Gasteiger partial charge in [-0.3, -0.25) is 14.5 Å². The Kier molecular flexibility index (Phi) is 6.07. The van der Waals surface area contributed by atoms with Crippen LogP contribution in [0.4, 0.5) is 0 Å². The highest BCUT2D eigenvalue weighted by molar-refractivity contribution is 5.84. The molecule has 2 amide bonds. The van der Waals surface area contributed by atoms with Crippen LogP contribution >= 0.6 is 0 Å². The van der Waals surface area contributed by atoms with Crippen molar-refractivity contribution in [2.24, 2.45) is 0 Å². The van der Waals surface area contributed by atoms with E-state index in [1.165, 1.54) is 0 Å². The van der Waals surface area contributed by atoms with Gasteiger partial charge in [0.05, 0.1) is 6.54 Å². The molecule has 0 aromatic heterocycles. The van der Waals surface area contributed by atoms with Crippen molar-refractivity contribution < 1.29 is 9.59 Å². The molecule has 1 unspecified atom stereocenters. The lowest BCUT2D eigenvalue weighted by molar-refractivity contribution is -0.129. The quantitative estimate of drug-likeness (QED) is 0.585. The van der Waals surface area contributed by atoms with Gasteiger partial charge in [0, 0.05) is 32.2 Å². The van der Waals surface area contributed by atoms with Crippen molar-refractivity contribution in [2.45, 2.75) is 32.9 Å². The second-order valence-corrected chi connectivity index (χ2v) is 4.81. The van der Waals surface area contributed by atoms with Crippen molar-refractivity contribution in [3.05, 3.63) is 0 Å². The third-order valence-corrected chi connectivity index (χ3v) is 2.80. The molecule has 1 heterocycles. The summed E-state index contributed by atoms with van der Waals surface area (Å²) in [4.78, 5) is 25.6. The third kappa shape index (κ3) is 4.62. The Morgan fingerprint density at radius 1 is 1.44 bits per heavy atom. The predicted molar refractivity (Wildman–Crippen MR) is 70.2 cm³/mol. The summed E-state index contributed by atoms with van der Waals surface area (Å²) in [6.45, 7) is 8.76. The molecule has 1 aliphatic heterocycles. The van der Waals surface area contributed by atoms with E-state index in [9.17, 15) is 9.59 Å². The van der Waals surface area contributed by atoms with Crippen molar-refractivity contribution in [3.8, 4) is 0 Å². The van der Waals surface area contributed by atoms with Crippen LogP contribution in [-0.2, 0) is 9.59 Å². The number of rotatable bonds is 5. The maximum Gasteiger partial charge on any atom is 0.238 e. The van der Waals surface area contributed by atoms with Gasteiger partial charge < -0.3 is 16.0 Å². The molecule has 0 radical (unpaired) electrons. The zero-order valence-corrected chi connectivity index (χ0v) is 11.5. The van der Waals surface area contributed by atoms with E-state index in [-0.39, 0.29) is 30.4 Å². The lowest BCUT2D eigenvalue weighted by Crippen LogP contribution is -2.59. The smallest absolute Gasteiger partial charge is 0.238 e. The summed E-state index contributed by atoms with van der Waals surface area (Å²) in [6, 6.07) is -0.125. The van der Waals surface area contributed by atoms with E-state index < -0.39 is 0 Å². The minimum absolute atomic E-state index is 0.0120. The van der Waals surface area contributed by atoms with Crippen molar-refractivity contribution in [1.29, 1.82) is 0 Å². The maximum absolute atomic E-state index is 11.9. The standard InChI is InChI=1S/C12H24N4O2/c1-4-14-12(18)10-7-13-5-6-16(10)8-11(17)15-9(2)3/h9-10,13H,4-8H2,1-3H3,(H,14,18)(H,15,17). The molecule has 0 aromatic carbocycles. The molecule has 1 fully saturated rings. The van der Waals surface area contributed by atoms with Crippen molar-refractivity contribution in [1.82, 2.24) is 20.9 Å². The molecule has 0 spiro atoms. The summed E-state index contributed by atoms with van der Waals surface area (Å²) < 4.78 is 0. The Morgan fingerprint density at radius 2 is 2.17 bits per heavy atom. The molecular weight excluding hydrogens is 232 g/mol. The molecule has 0 bridgehead atoms. The molecule has 1 saturated heterocycles. The van der Waals surface area contributed by atoms with Gasteiger partial charge in [-0.25, -0.2) is 0 Å². The van der Waals surface area contributed by atoms with Gasteiger partial charge in [0.25, 0.3) is 0 Å². The van der Waals surface area contributed by atoms with Crippen molar-refractivity contribution in [2.75, 3.05) is 32.7 Å². The topological polar surface area (TPSA) is 73.5 Å². The number of nitrogens with one attached hydrogen (secondary N) is 3. The minimum Gasteiger partial charge on any atom is -0.355 e. The Morgan fingerprint density at radius 3 is 2.78 bits per heavy atom. The first-order valence-electron chi connectivity index (χ1n) is 6.56. The lowest BCUT2D eigenvalue weighted by Gasteiger charge is -2.34. The number of nitrogens with zero attached hydrogens (tertiary/aromatic N) is 1. The molecule has 0 aromatic rings. The van der Waals surface area contributed by atoms with E-state index in [1.807, 2.05) is 25.7 Å². The average molecular weight is 256 g/mol. The van der Waals surface area contributed by atoms with E-state index in [2.05, 4.69) is 16.0 Å². The number of piperazine rings is 1. The first-order valence-corrected chi connectivity index (χ1v) is 6.56. The van der Waals surface area contributed by atoms with Crippen molar-refractivity contribution in [3.63, 3.8) is 0 Å². The van der Waals surface area contributed by atoms with E-state index >= 15 is 0 Å². The Hall–Kier alpha value is -1.14. The van der Waals surface area contributed by atoms with Crippen LogP contribution in [-0.4, -0.2) is 61.5 Å². The van der Waals surface area contributed by atoms with Gasteiger partial charge in [0.1, 0.15) is 6.04 Å². The van der Waals surface area contributed by atoms with Crippen molar-refractivity contribution >= 4 is 11.8 Å². The zero-order valence-electron chi connectivity index (χ0n) is 11.5. The summed E-state index contributed by atoms with van der Waals surface area (Å²) in [5, 5.41) is 8.84. The van der Waals surface area contributed by atoms with Gasteiger partial charge in [-0.2, -0.15) is 0 Å². The molecule has 0 saturated carbocycles. The van der Waals surface area contributed by atoms with Crippen LogP contribution in [0.1, 0.15) is 20.8 Å². The normalized spacial score (nSPS) is 20.8. The van der Waals surface area contributed by atoms with Crippen LogP contribution in [0.25, 0.3) is 0 Å². The van der Waals surface area contributed by atoms with Gasteiger partial charge in [0.15, 0.2) is 0 Å². The summed E-state index contributed by atoms with van der Waals surface area (Å²) in [6.07, 6.45) is 0. The zero-order chi connectivity index (χ0) is 13.5. The van der Waals surface area contributed by atoms with E-state index in [0.717, 1.165) is 6.54 Å². The number of amides is 2. The van der Waals surface area contributed by atoms with Gasteiger partial charge in [-0.05, 0) is 20.8 Å². The van der Waals surface area contributed by atoms with Gasteiger partial charge in [-0.1, -0.05) is 0 Å². The van der Waals surface area contributed by atoms with Crippen LogP contribution in [0.5, 0.6) is 0 Å². The molecule has 18 heavy (non-hydrogen) atoms. The fourth-order valence-corrected chi connectivity index (χ4v) is 2.04. The molecule has 1 rings (SSSR count). The van der Waals surface area contributed by atoms with Crippen LogP contribution in [0.15, 0.2) is 0 Å². The molecule has 6 nitrogen and oxygen atoms in total. The number of hydrogen-bond acceptors (Lipinski definition) is 4. The highest BCUT2D eigenvalue weighted by atomic mass is 16.2. The third-order valence-electron chi connectivity index (χ3n) is 2.80. The maximum atomic E-state index is 11.9. The summed E-state index contributed by atoms with van der Waals surface area (Å²) in [5.41, 5.74) is 0. The van der Waals surface area contributed by atoms with E-state index in [0.29, 0.717) is 19.6 Å². The number of hydrogen-bond donors (Lipinski definition) is 3. The van der Waals surface area contributed by atoms with Crippen LogP contribution < -0.4 is 16.0 Å². The highest BCUT2D eigenvalue weighted by Gasteiger charge is 2.29. The molecule has 3 N–H and O–H groups in total. The Bertz CT molecular complexity index is 294. The number of likely N-dealkylation sites (N-methyl/N-ethyl adjacent to an activating group) is 1. The molecule has 104 valence electrons. The molecule has 1 atom stereocenters. The van der Waals surface area contributed by atoms with Gasteiger partial charge in [-0.15, -0.1) is 0 Å². The summed E-state index contributed by atoms with van der Waals surface area (Å²) in [5.74, 6) is -0.0387. The average Bonchev–Trinajstić information content (AvgIpc) is 2.28. The summed E-state index contributed by atoms with van der Waals surface area (Å²) >= 11 is 0. The molecular formula is C12H24N4O2. The van der Waals surface area contributed by atoms with Crippen LogP contribution in [0.2, 0.25) is 0 Å². The second kappa shape index (κ2) is 7.33. The monoisotopic (exact) mass is 256 g/mol. The minimum atomic E-state index is -0.253. The predicted octanol–water partition coefficient (Wildman–Crippen LogP) is -1.08. The fraction of sp³-hybridized carbons (Fsp3) is 0.833. The Labute approximate surface area is 108 Å². The van der Waals surface area contributed by atoms with E-state index in [1.54, 1.807) is 0 Å². The first kappa shape index (κ1) is 14.9. The SMILES string of the molecule is CCNC(=O)C1CNCCN1CC(=O)NC(C)C. The van der Waals surface area contributed by atoms with Crippen LogP contribution in [0.3, 0.4) is 0 Å². The number of carbonyl (C=O) groups excluding carboxylic acids is 2. The lowest BCUT2D eigenvalue weighted by atomic mass is 10.1. The molecule has 0 aliphatic carbocycles. The Balaban J connectivity index is 2.54. The molecule has 6 heteroatoms. The van der Waals surface area contributed by atoms with Crippen LogP contribution in [0, 0.1) is 0 Å². The van der Waals surface area contributed by atoms with E-state index in [4.69, 9.17) is 0 Å². The second-order valence-electron chi connectivity index (χ2n) is 4.81. The molecule has 1 aliphatic rings. The first-order chi connectivity index (χ1) is 8.54. The van der Waals surface area contributed by atoms with Gasteiger partial charge in [0.2, 0.25) is 11.8 Å². The van der Waals surface area contributed by atoms with Gasteiger partial charge >= 0.3 is 0 Å².